The number of carbonyl (C=O) groups excluding carboxylic acids is 1. The summed E-state index contributed by atoms with van der Waals surface area (Å²) >= 11 is 0. The van der Waals surface area contributed by atoms with Crippen molar-refractivity contribution in [3.05, 3.63) is 41.2 Å². The van der Waals surface area contributed by atoms with Gasteiger partial charge >= 0.3 is 0 Å². The lowest BCUT2D eigenvalue weighted by molar-refractivity contribution is -0.139. The highest BCUT2D eigenvalue weighted by Gasteiger charge is 2.48. The Morgan fingerprint density at radius 3 is 2.62 bits per heavy atom. The molecule has 4 heterocycles. The van der Waals surface area contributed by atoms with Crippen LogP contribution in [0.1, 0.15) is 64.4 Å². The summed E-state index contributed by atoms with van der Waals surface area (Å²) in [6.45, 7) is 4.93. The first kappa shape index (κ1) is 27.6. The van der Waals surface area contributed by atoms with Crippen LogP contribution in [0.25, 0.3) is 17.0 Å². The zero-order valence-corrected chi connectivity index (χ0v) is 23.9. The summed E-state index contributed by atoms with van der Waals surface area (Å²) in [6, 6.07) is 5.30. The fourth-order valence-electron chi connectivity index (χ4n) is 6.50. The summed E-state index contributed by atoms with van der Waals surface area (Å²) in [5.41, 5.74) is 0.263. The number of hydrogen-bond acceptors (Lipinski definition) is 6. The van der Waals surface area contributed by atoms with Gasteiger partial charge in [0.15, 0.2) is 5.79 Å². The van der Waals surface area contributed by atoms with E-state index in [9.17, 15) is 13.2 Å². The Balaban J connectivity index is 1.15. The number of ether oxygens (including phenoxy) is 2. The fraction of sp³-hybridized carbons (Fsp3) is 0.586. The zero-order valence-electron chi connectivity index (χ0n) is 23.1. The molecule has 216 valence electrons. The van der Waals surface area contributed by atoms with Gasteiger partial charge in [-0.2, -0.15) is 4.31 Å². The molecule has 40 heavy (non-hydrogen) atoms. The predicted molar refractivity (Wildman–Crippen MR) is 150 cm³/mol. The Morgan fingerprint density at radius 1 is 1.18 bits per heavy atom. The van der Waals surface area contributed by atoms with Crippen molar-refractivity contribution >= 4 is 38.7 Å². The number of hydrogen-bond donors (Lipinski definition) is 1. The molecule has 1 aliphatic carbocycles. The lowest BCUT2D eigenvalue weighted by atomic mass is 9.88. The van der Waals surface area contributed by atoms with Crippen molar-refractivity contribution in [2.24, 2.45) is 10.9 Å². The molecular weight excluding hydrogens is 535 g/mol. The summed E-state index contributed by atoms with van der Waals surface area (Å²) in [4.78, 5) is 17.8. The molecule has 0 bridgehead atoms. The SMILES string of the molecule is CC1(C)OC[C@H](Cn2cc(F)c3c(C=CS(=O)(=O)N4CCC5(CC4)N=C(C4CCCCC4)NC5=O)cccc32)O1. The van der Waals surface area contributed by atoms with E-state index in [0.717, 1.165) is 36.9 Å². The molecule has 1 N–H and O–H groups in total. The molecule has 9 nitrogen and oxygen atoms in total. The van der Waals surface area contributed by atoms with Crippen LogP contribution in [0.3, 0.4) is 0 Å². The Morgan fingerprint density at radius 2 is 1.93 bits per heavy atom. The van der Waals surface area contributed by atoms with Gasteiger partial charge in [-0.25, -0.2) is 12.8 Å². The number of amides is 1. The number of fused-ring (bicyclic) bond motifs is 1. The molecule has 6 rings (SSSR count). The van der Waals surface area contributed by atoms with E-state index in [1.54, 1.807) is 16.7 Å². The second kappa shape index (κ2) is 10.3. The topological polar surface area (TPSA) is 102 Å². The Hall–Kier alpha value is -2.60. The second-order valence-electron chi connectivity index (χ2n) is 11.9. The van der Waals surface area contributed by atoms with Crippen LogP contribution in [0.4, 0.5) is 4.39 Å². The highest BCUT2D eigenvalue weighted by Crippen LogP contribution is 2.35. The van der Waals surface area contributed by atoms with Gasteiger partial charge in [-0.05, 0) is 57.2 Å². The Labute approximate surface area is 234 Å². The molecule has 1 spiro atoms. The predicted octanol–water partition coefficient (Wildman–Crippen LogP) is 4.18. The van der Waals surface area contributed by atoms with Gasteiger partial charge in [0.05, 0.1) is 18.7 Å². The van der Waals surface area contributed by atoms with E-state index in [1.165, 1.54) is 23.0 Å². The average Bonchev–Trinajstić information content (AvgIpc) is 3.56. The number of halogens is 1. The number of sulfonamides is 1. The van der Waals surface area contributed by atoms with Gasteiger partial charge in [-0.15, -0.1) is 0 Å². The molecule has 2 aromatic rings. The minimum absolute atomic E-state index is 0.106. The average molecular weight is 573 g/mol. The van der Waals surface area contributed by atoms with Gasteiger partial charge < -0.3 is 19.4 Å². The normalized spacial score (nSPS) is 25.7. The molecule has 4 aliphatic rings. The van der Waals surface area contributed by atoms with Gasteiger partial charge in [0.1, 0.15) is 23.3 Å². The molecule has 0 unspecified atom stereocenters. The number of benzene rings is 1. The van der Waals surface area contributed by atoms with Crippen LogP contribution < -0.4 is 5.32 Å². The summed E-state index contributed by atoms with van der Waals surface area (Å²) in [5.74, 6) is -0.118. The van der Waals surface area contributed by atoms with Gasteiger partial charge in [-0.3, -0.25) is 9.79 Å². The largest absolute Gasteiger partial charge is 0.348 e. The first-order valence-corrected chi connectivity index (χ1v) is 15.7. The van der Waals surface area contributed by atoms with E-state index in [2.05, 4.69) is 5.32 Å². The maximum Gasteiger partial charge on any atom is 0.253 e. The number of nitrogens with one attached hydrogen (secondary N) is 1. The monoisotopic (exact) mass is 572 g/mol. The van der Waals surface area contributed by atoms with Crippen LogP contribution in [-0.4, -0.2) is 66.2 Å². The van der Waals surface area contributed by atoms with Crippen LogP contribution in [0.2, 0.25) is 0 Å². The van der Waals surface area contributed by atoms with Gasteiger partial charge in [0.2, 0.25) is 10.0 Å². The third-order valence-electron chi connectivity index (χ3n) is 8.68. The lowest BCUT2D eigenvalue weighted by Crippen LogP contribution is -2.50. The third-order valence-corrected chi connectivity index (χ3v) is 10.2. The lowest BCUT2D eigenvalue weighted by Gasteiger charge is -2.34. The number of carbonyl (C=O) groups is 1. The summed E-state index contributed by atoms with van der Waals surface area (Å²) < 4.78 is 56.3. The fourth-order valence-corrected chi connectivity index (χ4v) is 7.68. The zero-order chi connectivity index (χ0) is 28.1. The molecule has 1 saturated carbocycles. The molecule has 3 aliphatic heterocycles. The van der Waals surface area contributed by atoms with E-state index < -0.39 is 27.2 Å². The van der Waals surface area contributed by atoms with Crippen LogP contribution in [0.15, 0.2) is 34.8 Å². The number of amidine groups is 1. The summed E-state index contributed by atoms with van der Waals surface area (Å²) in [6.07, 6.45) is 8.95. The summed E-state index contributed by atoms with van der Waals surface area (Å²) in [5, 5.41) is 4.51. The third kappa shape index (κ3) is 5.24. The van der Waals surface area contributed by atoms with Crippen LogP contribution >= 0.6 is 0 Å². The van der Waals surface area contributed by atoms with E-state index in [1.807, 2.05) is 19.9 Å². The quantitative estimate of drug-likeness (QED) is 0.560. The number of piperidine rings is 1. The van der Waals surface area contributed by atoms with E-state index in [4.69, 9.17) is 14.5 Å². The van der Waals surface area contributed by atoms with Crippen LogP contribution in [-0.2, 0) is 30.8 Å². The molecule has 1 aromatic heterocycles. The standard InChI is InChI=1S/C29H37FN4O5S/c1-28(2)38-19-22(39-28)17-33-18-23(30)25-20(9-6-10-24(25)33)11-16-40(36,37)34-14-12-29(13-15-34)27(35)31-26(32-29)21-7-4-3-5-8-21/h6,9-11,16,18,21-22H,3-5,7-8,12-15,17,19H2,1-2H3,(H,31,32,35)/t22-/m0/s1. The van der Waals surface area contributed by atoms with E-state index in [-0.39, 0.29) is 25.1 Å². The molecular formula is C29H37FN4O5S. The first-order valence-electron chi connectivity index (χ1n) is 14.2. The van der Waals surface area contributed by atoms with E-state index in [0.29, 0.717) is 48.4 Å². The van der Waals surface area contributed by atoms with Crippen molar-refractivity contribution in [3.63, 3.8) is 0 Å². The Bertz CT molecular complexity index is 1470. The smallest absolute Gasteiger partial charge is 0.253 e. The molecule has 1 amide bonds. The molecule has 3 fully saturated rings. The molecule has 11 heteroatoms. The van der Waals surface area contributed by atoms with Crippen molar-refractivity contribution in [1.82, 2.24) is 14.2 Å². The van der Waals surface area contributed by atoms with Crippen molar-refractivity contribution in [3.8, 4) is 0 Å². The first-order chi connectivity index (χ1) is 19.1. The molecule has 1 aromatic carbocycles. The summed E-state index contributed by atoms with van der Waals surface area (Å²) in [7, 11) is -3.78. The van der Waals surface area contributed by atoms with E-state index >= 15 is 4.39 Å². The number of aliphatic imine (C=N–C) groups is 1. The number of rotatable bonds is 6. The molecule has 1 atom stereocenters. The van der Waals surface area contributed by atoms with Crippen LogP contribution in [0, 0.1) is 11.7 Å². The highest BCUT2D eigenvalue weighted by molar-refractivity contribution is 7.92. The van der Waals surface area contributed by atoms with Gasteiger partial charge in [-0.1, -0.05) is 31.4 Å². The van der Waals surface area contributed by atoms with Crippen LogP contribution in [0.5, 0.6) is 0 Å². The van der Waals surface area contributed by atoms with Crippen molar-refractivity contribution in [2.75, 3.05) is 19.7 Å². The number of nitrogens with zero attached hydrogens (tertiary/aromatic N) is 3. The Kier molecular flexibility index (Phi) is 7.13. The maximum atomic E-state index is 15.1. The molecule has 2 saturated heterocycles. The second-order valence-corrected chi connectivity index (χ2v) is 13.7. The number of aromatic nitrogens is 1. The molecule has 0 radical (unpaired) electrons. The minimum atomic E-state index is -3.78. The van der Waals surface area contributed by atoms with Crippen molar-refractivity contribution in [2.45, 2.75) is 82.8 Å². The highest BCUT2D eigenvalue weighted by atomic mass is 32.2. The van der Waals surface area contributed by atoms with Gasteiger partial charge in [0.25, 0.3) is 5.91 Å². The van der Waals surface area contributed by atoms with Crippen molar-refractivity contribution in [1.29, 1.82) is 0 Å². The van der Waals surface area contributed by atoms with Crippen molar-refractivity contribution < 1.29 is 27.1 Å². The van der Waals surface area contributed by atoms with Gasteiger partial charge in [0, 0.05) is 36.0 Å². The minimum Gasteiger partial charge on any atom is -0.348 e. The maximum absolute atomic E-state index is 15.1.